The Hall–Kier alpha value is -2.88. The summed E-state index contributed by atoms with van der Waals surface area (Å²) in [6.45, 7) is 4.59. The van der Waals surface area contributed by atoms with Gasteiger partial charge in [-0.25, -0.2) is 4.63 Å². The van der Waals surface area contributed by atoms with E-state index in [9.17, 15) is 4.79 Å². The van der Waals surface area contributed by atoms with E-state index in [1.807, 2.05) is 35.8 Å². The average molecular weight is 373 g/mol. The van der Waals surface area contributed by atoms with Crippen molar-refractivity contribution in [3.63, 3.8) is 0 Å². The SMILES string of the molecule is CCc1ccccc1NC(=O)CSc1nnc(-c2nonc2N)n1CC. The molecule has 0 saturated carbocycles. The van der Waals surface area contributed by atoms with Crippen LogP contribution in [0.4, 0.5) is 11.5 Å². The van der Waals surface area contributed by atoms with Crippen molar-refractivity contribution in [2.24, 2.45) is 0 Å². The van der Waals surface area contributed by atoms with Gasteiger partial charge in [0, 0.05) is 12.2 Å². The fraction of sp³-hybridized carbons (Fsp3) is 0.312. The Labute approximate surface area is 154 Å². The highest BCUT2D eigenvalue weighted by molar-refractivity contribution is 7.99. The highest BCUT2D eigenvalue weighted by Crippen LogP contribution is 2.25. The molecule has 2 heterocycles. The zero-order valence-corrected chi connectivity index (χ0v) is 15.3. The summed E-state index contributed by atoms with van der Waals surface area (Å²) in [5.74, 6) is 0.719. The average Bonchev–Trinajstić information content (AvgIpc) is 3.25. The Kier molecular flexibility index (Phi) is 5.52. The van der Waals surface area contributed by atoms with Crippen LogP contribution in [0, 0.1) is 0 Å². The van der Waals surface area contributed by atoms with Crippen LogP contribution in [0.2, 0.25) is 0 Å². The van der Waals surface area contributed by atoms with Crippen molar-refractivity contribution in [3.05, 3.63) is 29.8 Å². The maximum absolute atomic E-state index is 12.3. The molecule has 0 aliphatic carbocycles. The molecule has 3 N–H and O–H groups in total. The molecule has 10 heteroatoms. The number of hydrogen-bond donors (Lipinski definition) is 2. The summed E-state index contributed by atoms with van der Waals surface area (Å²) in [6, 6.07) is 7.75. The van der Waals surface area contributed by atoms with Gasteiger partial charge in [0.1, 0.15) is 0 Å². The summed E-state index contributed by atoms with van der Waals surface area (Å²) >= 11 is 1.29. The minimum atomic E-state index is -0.106. The van der Waals surface area contributed by atoms with Crippen LogP contribution in [0.3, 0.4) is 0 Å². The number of thioether (sulfide) groups is 1. The summed E-state index contributed by atoms with van der Waals surface area (Å²) in [5.41, 5.74) is 7.99. The molecule has 26 heavy (non-hydrogen) atoms. The Morgan fingerprint density at radius 2 is 2.08 bits per heavy atom. The number of aryl methyl sites for hydroxylation is 1. The molecule has 0 radical (unpaired) electrons. The van der Waals surface area contributed by atoms with Gasteiger partial charge in [0.2, 0.25) is 5.91 Å². The first-order valence-electron chi connectivity index (χ1n) is 8.16. The summed E-state index contributed by atoms with van der Waals surface area (Å²) in [5, 5.41) is 19.1. The smallest absolute Gasteiger partial charge is 0.234 e. The fourth-order valence-corrected chi connectivity index (χ4v) is 3.28. The molecule has 1 aromatic carbocycles. The second-order valence-electron chi connectivity index (χ2n) is 5.40. The standard InChI is InChI=1S/C16H19N7O2S/c1-3-10-7-5-6-8-11(10)18-12(24)9-26-16-20-19-15(23(16)4-2)13-14(17)22-25-21-13/h5-8H,3-4,9H2,1-2H3,(H2,17,22)(H,18,24). The molecule has 3 aromatic rings. The van der Waals surface area contributed by atoms with E-state index in [0.717, 1.165) is 17.7 Å². The zero-order valence-electron chi connectivity index (χ0n) is 14.5. The molecule has 0 saturated heterocycles. The van der Waals surface area contributed by atoms with Crippen molar-refractivity contribution in [1.29, 1.82) is 0 Å². The molecule has 2 aromatic heterocycles. The molecule has 1 amide bonds. The number of nitrogen functional groups attached to an aromatic ring is 1. The third kappa shape index (κ3) is 3.69. The van der Waals surface area contributed by atoms with Gasteiger partial charge in [0.15, 0.2) is 22.5 Å². The highest BCUT2D eigenvalue weighted by Gasteiger charge is 2.20. The van der Waals surface area contributed by atoms with Crippen LogP contribution in [0.1, 0.15) is 19.4 Å². The molecule has 0 fully saturated rings. The summed E-state index contributed by atoms with van der Waals surface area (Å²) in [7, 11) is 0. The van der Waals surface area contributed by atoms with E-state index in [-0.39, 0.29) is 17.5 Å². The minimum Gasteiger partial charge on any atom is -0.379 e. The number of anilines is 2. The largest absolute Gasteiger partial charge is 0.379 e. The molecule has 0 unspecified atom stereocenters. The number of carbonyl (C=O) groups is 1. The number of nitrogens with zero attached hydrogens (tertiary/aromatic N) is 5. The summed E-state index contributed by atoms with van der Waals surface area (Å²) < 4.78 is 6.43. The molecule has 0 spiro atoms. The normalized spacial score (nSPS) is 10.8. The van der Waals surface area contributed by atoms with E-state index in [2.05, 4.69) is 37.4 Å². The van der Waals surface area contributed by atoms with E-state index < -0.39 is 0 Å². The Balaban J connectivity index is 1.69. The Morgan fingerprint density at radius 1 is 1.27 bits per heavy atom. The maximum Gasteiger partial charge on any atom is 0.234 e. The first-order valence-corrected chi connectivity index (χ1v) is 9.14. The lowest BCUT2D eigenvalue weighted by atomic mass is 10.1. The van der Waals surface area contributed by atoms with E-state index in [4.69, 9.17) is 5.73 Å². The first kappa shape index (κ1) is 17.9. The quantitative estimate of drug-likeness (QED) is 0.604. The fourth-order valence-electron chi connectivity index (χ4n) is 2.47. The number of nitrogens with two attached hydrogens (primary N) is 1. The van der Waals surface area contributed by atoms with Gasteiger partial charge in [0.25, 0.3) is 0 Å². The number of rotatable bonds is 7. The maximum atomic E-state index is 12.3. The molecule has 0 atom stereocenters. The third-order valence-electron chi connectivity index (χ3n) is 3.76. The predicted octanol–water partition coefficient (Wildman–Crippen LogP) is 2.22. The Bertz CT molecular complexity index is 906. The second-order valence-corrected chi connectivity index (χ2v) is 6.34. The van der Waals surface area contributed by atoms with Crippen LogP contribution in [0.15, 0.2) is 34.1 Å². The summed E-state index contributed by atoms with van der Waals surface area (Å²) in [6.07, 6.45) is 0.851. The van der Waals surface area contributed by atoms with Gasteiger partial charge in [-0.05, 0) is 35.3 Å². The second kappa shape index (κ2) is 8.00. The van der Waals surface area contributed by atoms with Crippen molar-refractivity contribution in [2.45, 2.75) is 32.0 Å². The molecule has 0 aliphatic rings. The molecule has 3 rings (SSSR count). The van der Waals surface area contributed by atoms with E-state index in [1.165, 1.54) is 11.8 Å². The van der Waals surface area contributed by atoms with E-state index in [0.29, 0.717) is 23.2 Å². The van der Waals surface area contributed by atoms with Crippen LogP contribution in [-0.2, 0) is 17.8 Å². The zero-order chi connectivity index (χ0) is 18.5. The number of hydrogen-bond acceptors (Lipinski definition) is 8. The van der Waals surface area contributed by atoms with Crippen molar-refractivity contribution in [3.8, 4) is 11.5 Å². The van der Waals surface area contributed by atoms with Gasteiger partial charge in [-0.2, -0.15) is 0 Å². The Morgan fingerprint density at radius 3 is 2.77 bits per heavy atom. The van der Waals surface area contributed by atoms with E-state index >= 15 is 0 Å². The molecule has 0 aliphatic heterocycles. The predicted molar refractivity (Wildman–Crippen MR) is 98.6 cm³/mol. The highest BCUT2D eigenvalue weighted by atomic mass is 32.2. The third-order valence-corrected chi connectivity index (χ3v) is 4.73. The van der Waals surface area contributed by atoms with Crippen molar-refractivity contribution < 1.29 is 9.42 Å². The lowest BCUT2D eigenvalue weighted by Gasteiger charge is -2.09. The monoisotopic (exact) mass is 373 g/mol. The number of benzene rings is 1. The topological polar surface area (TPSA) is 125 Å². The molecular formula is C16H19N7O2S. The van der Waals surface area contributed by atoms with Crippen LogP contribution in [0.5, 0.6) is 0 Å². The number of carbonyl (C=O) groups excluding carboxylic acids is 1. The summed E-state index contributed by atoms with van der Waals surface area (Å²) in [4.78, 5) is 12.3. The molecule has 136 valence electrons. The number of para-hydroxylation sites is 1. The first-order chi connectivity index (χ1) is 12.6. The van der Waals surface area contributed by atoms with Crippen LogP contribution < -0.4 is 11.1 Å². The van der Waals surface area contributed by atoms with Crippen LogP contribution in [-0.4, -0.2) is 36.7 Å². The van der Waals surface area contributed by atoms with Gasteiger partial charge < -0.3 is 15.6 Å². The number of nitrogens with one attached hydrogen (secondary N) is 1. The molecule has 0 bridgehead atoms. The minimum absolute atomic E-state index is 0.106. The molecular weight excluding hydrogens is 354 g/mol. The van der Waals surface area contributed by atoms with E-state index in [1.54, 1.807) is 0 Å². The number of aromatic nitrogens is 5. The van der Waals surface area contributed by atoms with Crippen molar-refractivity contribution >= 4 is 29.2 Å². The van der Waals surface area contributed by atoms with Crippen molar-refractivity contribution in [1.82, 2.24) is 25.1 Å². The molecule has 9 nitrogen and oxygen atoms in total. The number of amides is 1. The van der Waals surface area contributed by atoms with Crippen LogP contribution in [0.25, 0.3) is 11.5 Å². The van der Waals surface area contributed by atoms with Gasteiger partial charge >= 0.3 is 0 Å². The van der Waals surface area contributed by atoms with Gasteiger partial charge in [-0.1, -0.05) is 36.9 Å². The van der Waals surface area contributed by atoms with Crippen molar-refractivity contribution in [2.75, 3.05) is 16.8 Å². The lowest BCUT2D eigenvalue weighted by molar-refractivity contribution is -0.113. The lowest BCUT2D eigenvalue weighted by Crippen LogP contribution is -2.15. The van der Waals surface area contributed by atoms with Gasteiger partial charge in [0.05, 0.1) is 5.75 Å². The van der Waals surface area contributed by atoms with Crippen LogP contribution >= 0.6 is 11.8 Å². The van der Waals surface area contributed by atoms with Gasteiger partial charge in [-0.3, -0.25) is 4.79 Å². The van der Waals surface area contributed by atoms with Gasteiger partial charge in [-0.15, -0.1) is 10.2 Å².